The lowest BCUT2D eigenvalue weighted by molar-refractivity contribution is 0.0351. The minimum absolute atomic E-state index is 0.0625. The van der Waals surface area contributed by atoms with Crippen molar-refractivity contribution in [1.29, 1.82) is 0 Å². The molecule has 1 aromatic carbocycles. The third-order valence-electron chi connectivity index (χ3n) is 5.77. The fourth-order valence-electron chi connectivity index (χ4n) is 4.59. The summed E-state index contributed by atoms with van der Waals surface area (Å²) >= 11 is 0. The third-order valence-corrected chi connectivity index (χ3v) is 5.77. The van der Waals surface area contributed by atoms with Gasteiger partial charge in [0.25, 0.3) is 0 Å². The number of nitrogens with one attached hydrogen (secondary N) is 1. The van der Waals surface area contributed by atoms with Crippen molar-refractivity contribution >= 4 is 0 Å². The van der Waals surface area contributed by atoms with Gasteiger partial charge in [0.05, 0.1) is 14.2 Å². The van der Waals surface area contributed by atoms with E-state index in [1.807, 2.05) is 0 Å². The van der Waals surface area contributed by atoms with E-state index in [-0.39, 0.29) is 11.5 Å². The molecule has 0 aliphatic heterocycles. The Morgan fingerprint density at radius 2 is 1.86 bits per heavy atom. The van der Waals surface area contributed by atoms with Crippen LogP contribution in [0.3, 0.4) is 0 Å². The van der Waals surface area contributed by atoms with E-state index in [0.29, 0.717) is 5.92 Å². The lowest BCUT2D eigenvalue weighted by atomic mass is 9.60. The largest absolute Gasteiger partial charge is 0.493 e. The monoisotopic (exact) mass is 305 g/mol. The second-order valence-electron chi connectivity index (χ2n) is 6.95. The fourth-order valence-corrected chi connectivity index (χ4v) is 4.59. The van der Waals surface area contributed by atoms with Crippen molar-refractivity contribution in [3.63, 3.8) is 0 Å². The zero-order valence-corrected chi connectivity index (χ0v) is 13.8. The summed E-state index contributed by atoms with van der Waals surface area (Å²) < 4.78 is 11.0. The second-order valence-corrected chi connectivity index (χ2v) is 6.95. The summed E-state index contributed by atoms with van der Waals surface area (Å²) in [7, 11) is 3.36. The number of hydrogen-bond donors (Lipinski definition) is 2. The molecule has 22 heavy (non-hydrogen) atoms. The molecule has 0 radical (unpaired) electrons. The average Bonchev–Trinajstić information content (AvgIpc) is 2.52. The van der Waals surface area contributed by atoms with Crippen LogP contribution in [0.4, 0.5) is 0 Å². The van der Waals surface area contributed by atoms with E-state index >= 15 is 0 Å². The minimum Gasteiger partial charge on any atom is -0.493 e. The Labute approximate surface area is 132 Å². The number of hydrogen-bond acceptors (Lipinski definition) is 4. The van der Waals surface area contributed by atoms with Crippen LogP contribution in [0.1, 0.15) is 50.2 Å². The maximum Gasteiger partial charge on any atom is 0.161 e. The zero-order valence-electron chi connectivity index (χ0n) is 13.8. The quantitative estimate of drug-likeness (QED) is 0.840. The summed E-state index contributed by atoms with van der Waals surface area (Å²) in [5.41, 5.74) is 5.23. The molecule has 1 saturated carbocycles. The predicted molar refractivity (Wildman–Crippen MR) is 85.9 cm³/mol. The van der Waals surface area contributed by atoms with E-state index in [1.165, 1.54) is 36.8 Å². The highest BCUT2D eigenvalue weighted by Crippen LogP contribution is 2.48. The number of hydroxylamine groups is 1. The number of methoxy groups -OCH3 is 2. The van der Waals surface area contributed by atoms with E-state index < -0.39 is 0 Å². The molecule has 0 saturated heterocycles. The van der Waals surface area contributed by atoms with E-state index in [4.69, 9.17) is 9.47 Å². The van der Waals surface area contributed by atoms with Crippen LogP contribution >= 0.6 is 0 Å². The summed E-state index contributed by atoms with van der Waals surface area (Å²) in [5.74, 6) is 2.05. The molecular weight excluding hydrogens is 278 g/mol. The van der Waals surface area contributed by atoms with Crippen LogP contribution in [-0.4, -0.2) is 25.5 Å². The van der Waals surface area contributed by atoms with Gasteiger partial charge in [-0.1, -0.05) is 26.2 Å². The van der Waals surface area contributed by atoms with Crippen LogP contribution in [-0.2, 0) is 11.8 Å². The Hall–Kier alpha value is -1.26. The van der Waals surface area contributed by atoms with Crippen LogP contribution in [0.2, 0.25) is 0 Å². The molecule has 2 N–H and O–H groups in total. The van der Waals surface area contributed by atoms with Gasteiger partial charge >= 0.3 is 0 Å². The van der Waals surface area contributed by atoms with Crippen molar-refractivity contribution in [3.05, 3.63) is 23.3 Å². The van der Waals surface area contributed by atoms with Crippen LogP contribution in [0.25, 0.3) is 0 Å². The Morgan fingerprint density at radius 1 is 1.14 bits per heavy atom. The van der Waals surface area contributed by atoms with E-state index in [0.717, 1.165) is 24.3 Å². The first kappa shape index (κ1) is 15.6. The van der Waals surface area contributed by atoms with Crippen molar-refractivity contribution in [3.8, 4) is 11.5 Å². The summed E-state index contributed by atoms with van der Waals surface area (Å²) in [5, 5.41) is 9.83. The Balaban J connectivity index is 2.14. The van der Waals surface area contributed by atoms with Crippen LogP contribution < -0.4 is 15.0 Å². The highest BCUT2D eigenvalue weighted by atomic mass is 16.5. The molecule has 0 heterocycles. The Kier molecular flexibility index (Phi) is 4.33. The summed E-state index contributed by atoms with van der Waals surface area (Å²) in [6.07, 6.45) is 6.99. The first-order valence-corrected chi connectivity index (χ1v) is 8.29. The number of ether oxygens (including phenoxy) is 2. The van der Waals surface area contributed by atoms with Crippen LogP contribution in [0.15, 0.2) is 12.1 Å². The van der Waals surface area contributed by atoms with Gasteiger partial charge in [0.15, 0.2) is 11.5 Å². The topological polar surface area (TPSA) is 50.7 Å². The molecule has 0 spiro atoms. The molecule has 2 bridgehead atoms. The molecule has 3 unspecified atom stereocenters. The smallest absolute Gasteiger partial charge is 0.161 e. The van der Waals surface area contributed by atoms with Gasteiger partial charge in [-0.3, -0.25) is 0 Å². The molecule has 4 heteroatoms. The Bertz CT molecular complexity index is 545. The van der Waals surface area contributed by atoms with Gasteiger partial charge < -0.3 is 14.7 Å². The number of benzene rings is 1. The third kappa shape index (κ3) is 2.38. The molecule has 4 nitrogen and oxygen atoms in total. The normalized spacial score (nSPS) is 30.9. The van der Waals surface area contributed by atoms with Crippen molar-refractivity contribution in [2.45, 2.75) is 56.9 Å². The molecule has 122 valence electrons. The van der Waals surface area contributed by atoms with Crippen molar-refractivity contribution in [2.24, 2.45) is 5.92 Å². The van der Waals surface area contributed by atoms with Crippen molar-refractivity contribution in [1.82, 2.24) is 5.48 Å². The zero-order chi connectivity index (χ0) is 15.7. The SMILES string of the molecule is COc1cc2c(cc1OC)C1(C)CCCCCC(C2)C1NO. The first-order valence-electron chi connectivity index (χ1n) is 8.29. The maximum atomic E-state index is 9.83. The summed E-state index contributed by atoms with van der Waals surface area (Å²) in [6.45, 7) is 2.28. The fraction of sp³-hybridized carbons (Fsp3) is 0.667. The molecule has 2 aliphatic carbocycles. The van der Waals surface area contributed by atoms with Crippen molar-refractivity contribution < 1.29 is 14.7 Å². The highest BCUT2D eigenvalue weighted by Gasteiger charge is 2.46. The molecule has 0 aromatic heterocycles. The van der Waals surface area contributed by atoms with E-state index in [1.54, 1.807) is 14.2 Å². The van der Waals surface area contributed by atoms with Gasteiger partial charge in [-0.15, -0.1) is 0 Å². The van der Waals surface area contributed by atoms with Gasteiger partial charge in [-0.05, 0) is 48.4 Å². The van der Waals surface area contributed by atoms with Crippen LogP contribution in [0.5, 0.6) is 11.5 Å². The van der Waals surface area contributed by atoms with Gasteiger partial charge in [-0.2, -0.15) is 0 Å². The number of fused-ring (bicyclic) bond motifs is 4. The van der Waals surface area contributed by atoms with Crippen LogP contribution in [0, 0.1) is 5.92 Å². The lowest BCUT2D eigenvalue weighted by Gasteiger charge is -2.48. The first-order chi connectivity index (χ1) is 10.6. The average molecular weight is 305 g/mol. The minimum atomic E-state index is -0.0625. The molecule has 1 fully saturated rings. The molecule has 3 rings (SSSR count). The highest BCUT2D eigenvalue weighted by molar-refractivity contribution is 5.52. The predicted octanol–water partition coefficient (Wildman–Crippen LogP) is 3.45. The van der Waals surface area contributed by atoms with Gasteiger partial charge in [-0.25, -0.2) is 5.48 Å². The summed E-state index contributed by atoms with van der Waals surface area (Å²) in [4.78, 5) is 0. The van der Waals surface area contributed by atoms with E-state index in [9.17, 15) is 5.21 Å². The maximum absolute atomic E-state index is 9.83. The van der Waals surface area contributed by atoms with Crippen molar-refractivity contribution in [2.75, 3.05) is 14.2 Å². The number of rotatable bonds is 3. The molecule has 1 aromatic rings. The standard InChI is InChI=1S/C18H27NO3/c1-18-8-6-4-5-7-12(17(18)19-20)9-13-10-15(21-2)16(22-3)11-14(13)18/h10-12,17,19-20H,4-9H2,1-3H3. The van der Waals surface area contributed by atoms with Gasteiger partial charge in [0.2, 0.25) is 0 Å². The Morgan fingerprint density at radius 3 is 2.55 bits per heavy atom. The molecule has 3 atom stereocenters. The van der Waals surface area contributed by atoms with Gasteiger partial charge in [0, 0.05) is 11.5 Å². The molecule has 2 aliphatic rings. The summed E-state index contributed by atoms with van der Waals surface area (Å²) in [6, 6.07) is 4.36. The second kappa shape index (κ2) is 6.09. The van der Waals surface area contributed by atoms with E-state index in [2.05, 4.69) is 24.5 Å². The lowest BCUT2D eigenvalue weighted by Crippen LogP contribution is -2.54. The van der Waals surface area contributed by atoms with Gasteiger partial charge in [0.1, 0.15) is 0 Å². The molecular formula is C18H27NO3. The molecule has 0 amide bonds.